The van der Waals surface area contributed by atoms with E-state index in [0.717, 1.165) is 22.4 Å². The maximum Gasteiger partial charge on any atom is 0.335 e. The van der Waals surface area contributed by atoms with Crippen LogP contribution in [0.2, 0.25) is 5.02 Å². The predicted molar refractivity (Wildman–Crippen MR) is 106 cm³/mol. The van der Waals surface area contributed by atoms with Crippen molar-refractivity contribution in [2.45, 2.75) is 19.7 Å². The van der Waals surface area contributed by atoms with E-state index in [-0.39, 0.29) is 5.56 Å². The average molecular weight is 382 g/mol. The molecule has 27 heavy (non-hydrogen) atoms. The Hall–Kier alpha value is -2.82. The van der Waals surface area contributed by atoms with Crippen LogP contribution in [0.4, 0.5) is 0 Å². The van der Waals surface area contributed by atoms with Gasteiger partial charge in [0.15, 0.2) is 0 Å². The predicted octanol–water partition coefficient (Wildman–Crippen LogP) is 4.91. The van der Waals surface area contributed by atoms with E-state index in [9.17, 15) is 4.79 Å². The summed E-state index contributed by atoms with van der Waals surface area (Å²) in [6.45, 7) is 1.70. The van der Waals surface area contributed by atoms with Crippen molar-refractivity contribution in [1.82, 2.24) is 5.32 Å². The lowest BCUT2D eigenvalue weighted by Crippen LogP contribution is -2.14. The van der Waals surface area contributed by atoms with Crippen LogP contribution in [0.5, 0.6) is 5.75 Å². The molecular weight excluding hydrogens is 362 g/mol. The van der Waals surface area contributed by atoms with Crippen LogP contribution in [-0.4, -0.2) is 11.1 Å². The molecule has 0 atom stereocenters. The molecule has 5 heteroatoms. The first-order valence-corrected chi connectivity index (χ1v) is 8.98. The Labute approximate surface area is 163 Å². The average Bonchev–Trinajstić information content (AvgIpc) is 2.68. The van der Waals surface area contributed by atoms with Gasteiger partial charge in [0.1, 0.15) is 12.4 Å². The summed E-state index contributed by atoms with van der Waals surface area (Å²) >= 11 is 6.14. The highest BCUT2D eigenvalue weighted by molar-refractivity contribution is 6.30. The van der Waals surface area contributed by atoms with Crippen LogP contribution in [0.1, 0.15) is 27.0 Å². The first-order chi connectivity index (χ1) is 13.1. The number of nitrogens with one attached hydrogen (secondary N) is 1. The van der Waals surface area contributed by atoms with E-state index in [1.807, 2.05) is 48.5 Å². The fraction of sp³-hybridized carbons (Fsp3) is 0.136. The number of carboxylic acid groups (broad SMARTS) is 1. The molecule has 0 aliphatic heterocycles. The van der Waals surface area contributed by atoms with E-state index >= 15 is 0 Å². The summed E-state index contributed by atoms with van der Waals surface area (Å²) in [7, 11) is 0. The molecule has 3 rings (SSSR count). The first-order valence-electron chi connectivity index (χ1n) is 8.60. The largest absolute Gasteiger partial charge is 0.489 e. The third-order valence-corrected chi connectivity index (χ3v) is 4.34. The maximum absolute atomic E-state index is 10.9. The van der Waals surface area contributed by atoms with Gasteiger partial charge in [0.2, 0.25) is 0 Å². The van der Waals surface area contributed by atoms with Gasteiger partial charge >= 0.3 is 5.97 Å². The molecule has 138 valence electrons. The van der Waals surface area contributed by atoms with E-state index < -0.39 is 5.97 Å². The number of carboxylic acids is 1. The number of ether oxygens (including phenoxy) is 1. The quantitative estimate of drug-likeness (QED) is 0.582. The molecule has 3 aromatic rings. The molecule has 0 aromatic heterocycles. The van der Waals surface area contributed by atoms with Crippen molar-refractivity contribution in [1.29, 1.82) is 0 Å². The fourth-order valence-electron chi connectivity index (χ4n) is 2.67. The van der Waals surface area contributed by atoms with Crippen molar-refractivity contribution in [2.24, 2.45) is 0 Å². The molecule has 0 radical (unpaired) electrons. The van der Waals surface area contributed by atoms with Crippen LogP contribution in [-0.2, 0) is 19.7 Å². The molecule has 0 aliphatic carbocycles. The van der Waals surface area contributed by atoms with E-state index in [4.69, 9.17) is 21.4 Å². The fourth-order valence-corrected chi connectivity index (χ4v) is 2.86. The molecule has 0 aliphatic rings. The summed E-state index contributed by atoms with van der Waals surface area (Å²) in [5, 5.41) is 13.0. The Balaban J connectivity index is 1.60. The summed E-state index contributed by atoms with van der Waals surface area (Å²) in [5.41, 5.74) is 3.37. The lowest BCUT2D eigenvalue weighted by atomic mass is 10.1. The summed E-state index contributed by atoms with van der Waals surface area (Å²) in [6.07, 6.45) is 0. The van der Waals surface area contributed by atoms with Gasteiger partial charge in [-0.25, -0.2) is 4.79 Å². The van der Waals surface area contributed by atoms with Crippen molar-refractivity contribution in [3.05, 3.63) is 100 Å². The van der Waals surface area contributed by atoms with Crippen molar-refractivity contribution < 1.29 is 14.6 Å². The second-order valence-corrected chi connectivity index (χ2v) is 6.57. The normalized spacial score (nSPS) is 10.6. The number of rotatable bonds is 8. The molecule has 3 aromatic carbocycles. The van der Waals surface area contributed by atoms with Crippen LogP contribution >= 0.6 is 11.6 Å². The highest BCUT2D eigenvalue weighted by Crippen LogP contribution is 2.24. The SMILES string of the molecule is O=C(O)c1ccc(CNCc2cc(Cl)ccc2OCc2ccccc2)cc1. The summed E-state index contributed by atoms with van der Waals surface area (Å²) < 4.78 is 5.96. The monoisotopic (exact) mass is 381 g/mol. The minimum absolute atomic E-state index is 0.283. The molecule has 0 amide bonds. The third kappa shape index (κ3) is 5.58. The molecular formula is C22H20ClNO3. The Morgan fingerprint density at radius 1 is 0.926 bits per heavy atom. The van der Waals surface area contributed by atoms with E-state index in [0.29, 0.717) is 24.7 Å². The van der Waals surface area contributed by atoms with Crippen molar-refractivity contribution in [2.75, 3.05) is 0 Å². The second kappa shape index (κ2) is 9.21. The van der Waals surface area contributed by atoms with Gasteiger partial charge < -0.3 is 15.2 Å². The van der Waals surface area contributed by atoms with Gasteiger partial charge in [0.05, 0.1) is 5.56 Å². The first kappa shape index (κ1) is 19.0. The Bertz CT molecular complexity index is 895. The molecule has 4 nitrogen and oxygen atoms in total. The molecule has 0 saturated heterocycles. The number of halogens is 1. The molecule has 0 unspecified atom stereocenters. The van der Waals surface area contributed by atoms with Gasteiger partial charge in [0, 0.05) is 23.7 Å². The standard InChI is InChI=1S/C22H20ClNO3/c23-20-10-11-21(27-15-17-4-2-1-3-5-17)19(12-20)14-24-13-16-6-8-18(9-7-16)22(25)26/h1-12,24H,13-15H2,(H,25,26). The van der Waals surface area contributed by atoms with Crippen LogP contribution in [0.3, 0.4) is 0 Å². The van der Waals surface area contributed by atoms with E-state index in [1.54, 1.807) is 24.3 Å². The minimum atomic E-state index is -0.923. The molecule has 0 fully saturated rings. The Morgan fingerprint density at radius 3 is 2.37 bits per heavy atom. The number of aromatic carboxylic acids is 1. The molecule has 0 bridgehead atoms. The molecule has 0 heterocycles. The third-order valence-electron chi connectivity index (χ3n) is 4.11. The molecule has 0 spiro atoms. The minimum Gasteiger partial charge on any atom is -0.489 e. The Morgan fingerprint density at radius 2 is 1.67 bits per heavy atom. The maximum atomic E-state index is 10.9. The lowest BCUT2D eigenvalue weighted by molar-refractivity contribution is 0.0697. The zero-order valence-electron chi connectivity index (χ0n) is 14.7. The number of hydrogen-bond acceptors (Lipinski definition) is 3. The number of carbonyl (C=O) groups is 1. The van der Waals surface area contributed by atoms with E-state index in [2.05, 4.69) is 5.32 Å². The molecule has 2 N–H and O–H groups in total. The lowest BCUT2D eigenvalue weighted by Gasteiger charge is -2.13. The summed E-state index contributed by atoms with van der Waals surface area (Å²) in [4.78, 5) is 10.9. The topological polar surface area (TPSA) is 58.6 Å². The van der Waals surface area contributed by atoms with Gasteiger partial charge in [-0.3, -0.25) is 0 Å². The second-order valence-electron chi connectivity index (χ2n) is 6.13. The highest BCUT2D eigenvalue weighted by Gasteiger charge is 2.06. The van der Waals surface area contributed by atoms with E-state index in [1.165, 1.54) is 0 Å². The van der Waals surface area contributed by atoms with Gasteiger partial charge in [-0.15, -0.1) is 0 Å². The van der Waals surface area contributed by atoms with Gasteiger partial charge in [-0.1, -0.05) is 54.1 Å². The van der Waals surface area contributed by atoms with Crippen molar-refractivity contribution in [3.8, 4) is 5.75 Å². The van der Waals surface area contributed by atoms with Gasteiger partial charge in [-0.05, 0) is 41.5 Å². The smallest absolute Gasteiger partial charge is 0.335 e. The van der Waals surface area contributed by atoms with Crippen molar-refractivity contribution in [3.63, 3.8) is 0 Å². The van der Waals surface area contributed by atoms with Gasteiger partial charge in [-0.2, -0.15) is 0 Å². The van der Waals surface area contributed by atoms with Crippen LogP contribution < -0.4 is 10.1 Å². The molecule has 0 saturated carbocycles. The Kier molecular flexibility index (Phi) is 6.47. The highest BCUT2D eigenvalue weighted by atomic mass is 35.5. The number of benzene rings is 3. The van der Waals surface area contributed by atoms with Gasteiger partial charge in [0.25, 0.3) is 0 Å². The zero-order chi connectivity index (χ0) is 19.1. The zero-order valence-corrected chi connectivity index (χ0v) is 15.4. The van der Waals surface area contributed by atoms with Crippen LogP contribution in [0, 0.1) is 0 Å². The van der Waals surface area contributed by atoms with Crippen molar-refractivity contribution >= 4 is 17.6 Å². The summed E-state index contributed by atoms with van der Waals surface area (Å²) in [6, 6.07) is 22.4. The summed E-state index contributed by atoms with van der Waals surface area (Å²) in [5.74, 6) is -0.134. The number of hydrogen-bond donors (Lipinski definition) is 2. The van der Waals surface area contributed by atoms with Crippen LogP contribution in [0.25, 0.3) is 0 Å². The van der Waals surface area contributed by atoms with Crippen LogP contribution in [0.15, 0.2) is 72.8 Å².